The van der Waals surface area contributed by atoms with Crippen LogP contribution in [-0.2, 0) is 12.8 Å². The molecule has 6 nitrogen and oxygen atoms in total. The second-order valence-corrected chi connectivity index (χ2v) is 6.39. The highest BCUT2D eigenvalue weighted by molar-refractivity contribution is 7.09. The van der Waals surface area contributed by atoms with Crippen molar-refractivity contribution < 1.29 is 14.3 Å². The van der Waals surface area contributed by atoms with Gasteiger partial charge in [-0.05, 0) is 44.0 Å². The predicted molar refractivity (Wildman–Crippen MR) is 107 cm³/mol. The minimum Gasteiger partial charge on any atom is -0.493 e. The van der Waals surface area contributed by atoms with Crippen molar-refractivity contribution >= 4 is 29.7 Å². The Morgan fingerprint density at radius 3 is 2.81 bits per heavy atom. The van der Waals surface area contributed by atoms with Gasteiger partial charge in [-0.25, -0.2) is 4.98 Å². The van der Waals surface area contributed by atoms with E-state index in [4.69, 9.17) is 15.2 Å². The molecule has 0 saturated heterocycles. The summed E-state index contributed by atoms with van der Waals surface area (Å²) in [6.45, 7) is 3.67. The molecule has 2 rings (SSSR count). The average molecular weight is 400 g/mol. The number of nitrogens with two attached hydrogens (primary N) is 1. The van der Waals surface area contributed by atoms with Crippen LogP contribution in [0.5, 0.6) is 11.5 Å². The Morgan fingerprint density at radius 1 is 1.31 bits per heavy atom. The van der Waals surface area contributed by atoms with E-state index < -0.39 is 0 Å². The van der Waals surface area contributed by atoms with E-state index in [1.807, 2.05) is 25.1 Å². The number of hydrogen-bond acceptors (Lipinski definition) is 6. The number of carbonyl (C=O) groups is 1. The lowest BCUT2D eigenvalue weighted by Gasteiger charge is -2.11. The van der Waals surface area contributed by atoms with Crippen molar-refractivity contribution in [2.75, 3.05) is 26.8 Å². The summed E-state index contributed by atoms with van der Waals surface area (Å²) < 4.78 is 10.9. The third-order valence-electron chi connectivity index (χ3n) is 3.60. The van der Waals surface area contributed by atoms with Gasteiger partial charge in [-0.3, -0.25) is 4.79 Å². The zero-order chi connectivity index (χ0) is 18.1. The number of carbonyl (C=O) groups excluding carboxylic acids is 1. The molecule has 1 amide bonds. The molecule has 3 N–H and O–H groups in total. The summed E-state index contributed by atoms with van der Waals surface area (Å²) in [4.78, 5) is 16.3. The van der Waals surface area contributed by atoms with Crippen LogP contribution < -0.4 is 20.5 Å². The van der Waals surface area contributed by atoms with Crippen LogP contribution in [0.3, 0.4) is 0 Å². The fourth-order valence-corrected chi connectivity index (χ4v) is 3.18. The molecule has 1 aromatic carbocycles. The highest BCUT2D eigenvalue weighted by Crippen LogP contribution is 2.28. The van der Waals surface area contributed by atoms with Gasteiger partial charge in [0.25, 0.3) is 5.91 Å². The summed E-state index contributed by atoms with van der Waals surface area (Å²) in [5.74, 6) is 1.35. The number of nitrogens with zero attached hydrogens (tertiary/aromatic N) is 1. The Bertz CT molecular complexity index is 694. The number of benzene rings is 1. The van der Waals surface area contributed by atoms with Gasteiger partial charge < -0.3 is 20.5 Å². The highest BCUT2D eigenvalue weighted by Gasteiger charge is 2.10. The third-order valence-corrected chi connectivity index (χ3v) is 4.51. The van der Waals surface area contributed by atoms with Crippen molar-refractivity contribution in [3.8, 4) is 11.5 Å². The molecular formula is C18H26ClN3O3S. The van der Waals surface area contributed by atoms with Gasteiger partial charge >= 0.3 is 0 Å². The molecule has 0 aliphatic carbocycles. The molecule has 144 valence electrons. The Morgan fingerprint density at radius 2 is 2.12 bits per heavy atom. The standard InChI is InChI=1S/C18H25N3O3S.ClH/c1-3-24-16-11-13(6-7-15(16)23-2)5-4-10-20-18(22)14-12-25-17(21-14)8-9-19;/h6-7,11-12H,3-5,8-10,19H2,1-2H3,(H,20,22);1H. The van der Waals surface area contributed by atoms with E-state index in [9.17, 15) is 4.79 Å². The summed E-state index contributed by atoms with van der Waals surface area (Å²) >= 11 is 1.47. The maximum atomic E-state index is 12.1. The van der Waals surface area contributed by atoms with E-state index in [0.717, 1.165) is 34.9 Å². The van der Waals surface area contributed by atoms with E-state index in [1.54, 1.807) is 12.5 Å². The molecule has 0 aliphatic rings. The Labute approximate surface area is 164 Å². The van der Waals surface area contributed by atoms with Crippen molar-refractivity contribution in [2.45, 2.75) is 26.2 Å². The molecular weight excluding hydrogens is 374 g/mol. The molecule has 0 spiro atoms. The number of methoxy groups -OCH3 is 1. The molecule has 26 heavy (non-hydrogen) atoms. The fourth-order valence-electron chi connectivity index (χ4n) is 2.38. The number of aryl methyl sites for hydroxylation is 1. The van der Waals surface area contributed by atoms with Gasteiger partial charge in [0.2, 0.25) is 0 Å². The number of rotatable bonds is 10. The minimum atomic E-state index is -0.135. The quantitative estimate of drug-likeness (QED) is 0.600. The number of thiazole rings is 1. The smallest absolute Gasteiger partial charge is 0.270 e. The van der Waals surface area contributed by atoms with Gasteiger partial charge in [-0.1, -0.05) is 6.07 Å². The minimum absolute atomic E-state index is 0. The lowest BCUT2D eigenvalue weighted by atomic mass is 10.1. The average Bonchev–Trinajstić information content (AvgIpc) is 3.08. The van der Waals surface area contributed by atoms with Crippen LogP contribution in [0, 0.1) is 0 Å². The van der Waals surface area contributed by atoms with Gasteiger partial charge in [0.1, 0.15) is 5.69 Å². The topological polar surface area (TPSA) is 86.5 Å². The first-order valence-electron chi connectivity index (χ1n) is 8.40. The number of aromatic nitrogens is 1. The Kier molecular flexibility index (Phi) is 10.0. The van der Waals surface area contributed by atoms with Crippen LogP contribution in [0.1, 0.15) is 34.4 Å². The van der Waals surface area contributed by atoms with Crippen LogP contribution in [0.15, 0.2) is 23.6 Å². The number of nitrogens with one attached hydrogen (secondary N) is 1. The van der Waals surface area contributed by atoms with Crippen LogP contribution in [0.25, 0.3) is 0 Å². The summed E-state index contributed by atoms with van der Waals surface area (Å²) in [7, 11) is 1.63. The number of halogens is 1. The molecule has 0 fully saturated rings. The Hall–Kier alpha value is -1.83. The number of ether oxygens (including phenoxy) is 2. The summed E-state index contributed by atoms with van der Waals surface area (Å²) in [5.41, 5.74) is 7.12. The molecule has 0 unspecified atom stereocenters. The molecule has 0 bridgehead atoms. The molecule has 1 heterocycles. The van der Waals surface area contributed by atoms with E-state index in [2.05, 4.69) is 10.3 Å². The largest absolute Gasteiger partial charge is 0.493 e. The molecule has 0 aliphatic heterocycles. The zero-order valence-corrected chi connectivity index (χ0v) is 16.8. The van der Waals surface area contributed by atoms with Gasteiger partial charge in [-0.2, -0.15) is 0 Å². The first-order chi connectivity index (χ1) is 12.2. The normalized spacial score (nSPS) is 10.1. The molecule has 2 aromatic rings. The van der Waals surface area contributed by atoms with E-state index >= 15 is 0 Å². The monoisotopic (exact) mass is 399 g/mol. The highest BCUT2D eigenvalue weighted by atomic mass is 35.5. The number of hydrogen-bond donors (Lipinski definition) is 2. The SMILES string of the molecule is CCOc1cc(CCCNC(=O)c2csc(CCN)n2)ccc1OC.Cl. The van der Waals surface area contributed by atoms with Crippen molar-refractivity contribution in [2.24, 2.45) is 5.73 Å². The van der Waals surface area contributed by atoms with E-state index in [0.29, 0.717) is 31.8 Å². The molecule has 1 aromatic heterocycles. The van der Waals surface area contributed by atoms with Crippen molar-refractivity contribution in [3.05, 3.63) is 39.8 Å². The molecule has 0 atom stereocenters. The first-order valence-corrected chi connectivity index (χ1v) is 9.28. The summed E-state index contributed by atoms with van der Waals surface area (Å²) in [6, 6.07) is 5.92. The van der Waals surface area contributed by atoms with Crippen LogP contribution in [0.4, 0.5) is 0 Å². The predicted octanol–water partition coefficient (Wildman–Crippen LogP) is 2.84. The number of amides is 1. The van der Waals surface area contributed by atoms with Crippen molar-refractivity contribution in [1.82, 2.24) is 10.3 Å². The second-order valence-electron chi connectivity index (χ2n) is 5.44. The third kappa shape index (κ3) is 6.48. The molecule has 0 saturated carbocycles. The van der Waals surface area contributed by atoms with Crippen LogP contribution in [0.2, 0.25) is 0 Å². The second kappa shape index (κ2) is 11.7. The lowest BCUT2D eigenvalue weighted by molar-refractivity contribution is 0.0948. The fraction of sp³-hybridized carbons (Fsp3) is 0.444. The van der Waals surface area contributed by atoms with Crippen LogP contribution >= 0.6 is 23.7 Å². The van der Waals surface area contributed by atoms with Crippen LogP contribution in [-0.4, -0.2) is 37.7 Å². The molecule has 8 heteroatoms. The van der Waals surface area contributed by atoms with Gasteiger partial charge in [0, 0.05) is 18.3 Å². The Balaban J connectivity index is 0.00000338. The van der Waals surface area contributed by atoms with Gasteiger partial charge in [0.15, 0.2) is 11.5 Å². The summed E-state index contributed by atoms with van der Waals surface area (Å²) in [5, 5.41) is 5.58. The van der Waals surface area contributed by atoms with E-state index in [1.165, 1.54) is 11.3 Å². The van der Waals surface area contributed by atoms with Gasteiger partial charge in [-0.15, -0.1) is 23.7 Å². The van der Waals surface area contributed by atoms with Crippen molar-refractivity contribution in [1.29, 1.82) is 0 Å². The maximum absolute atomic E-state index is 12.1. The first kappa shape index (κ1) is 22.2. The summed E-state index contributed by atoms with van der Waals surface area (Å²) in [6.07, 6.45) is 2.39. The van der Waals surface area contributed by atoms with Crippen molar-refractivity contribution in [3.63, 3.8) is 0 Å². The molecule has 0 radical (unpaired) electrons. The zero-order valence-electron chi connectivity index (χ0n) is 15.1. The maximum Gasteiger partial charge on any atom is 0.270 e. The lowest BCUT2D eigenvalue weighted by Crippen LogP contribution is -2.25. The van der Waals surface area contributed by atoms with E-state index in [-0.39, 0.29) is 18.3 Å². The van der Waals surface area contributed by atoms with Gasteiger partial charge in [0.05, 0.1) is 18.7 Å².